The number of anilines is 2. The zero-order valence-corrected chi connectivity index (χ0v) is 18.8. The van der Waals surface area contributed by atoms with Gasteiger partial charge in [-0.05, 0) is 23.8 Å². The highest BCUT2D eigenvalue weighted by atomic mass is 32.1. The number of rotatable bonds is 6. The van der Waals surface area contributed by atoms with Crippen LogP contribution in [0, 0.1) is 0 Å². The Balaban J connectivity index is 1.31. The summed E-state index contributed by atoms with van der Waals surface area (Å²) in [6.45, 7) is 0.504. The number of carbonyl (C=O) groups is 1. The van der Waals surface area contributed by atoms with Gasteiger partial charge in [-0.15, -0.1) is 11.3 Å². The van der Waals surface area contributed by atoms with Gasteiger partial charge in [0.1, 0.15) is 22.7 Å². The van der Waals surface area contributed by atoms with Gasteiger partial charge in [0.2, 0.25) is 5.91 Å². The number of nitrogens with zero attached hydrogens (tertiary/aromatic N) is 3. The van der Waals surface area contributed by atoms with E-state index in [1.54, 1.807) is 29.8 Å². The lowest BCUT2D eigenvalue weighted by Crippen LogP contribution is -2.24. The Morgan fingerprint density at radius 3 is 2.61 bits per heavy atom. The third-order valence-corrected chi connectivity index (χ3v) is 6.67. The molecule has 0 atom stereocenters. The molecule has 0 unspecified atom stereocenters. The minimum absolute atomic E-state index is 0.0988. The molecule has 164 valence electrons. The maximum Gasteiger partial charge on any atom is 0.226 e. The van der Waals surface area contributed by atoms with Gasteiger partial charge in [0, 0.05) is 41.4 Å². The molecule has 6 nitrogen and oxygen atoms in total. The predicted octanol–water partition coefficient (Wildman–Crippen LogP) is 5.68. The van der Waals surface area contributed by atoms with Gasteiger partial charge >= 0.3 is 0 Å². The summed E-state index contributed by atoms with van der Waals surface area (Å²) in [4.78, 5) is 25.7. The van der Waals surface area contributed by atoms with Gasteiger partial charge in [-0.1, -0.05) is 54.6 Å². The van der Waals surface area contributed by atoms with E-state index < -0.39 is 0 Å². The topological polar surface area (TPSA) is 78.4 Å². The molecule has 0 aliphatic rings. The molecular formula is C26H22N4O2S. The number of fused-ring (bicyclic) bond motifs is 2. The molecule has 0 fully saturated rings. The van der Waals surface area contributed by atoms with Gasteiger partial charge < -0.3 is 15.3 Å². The summed E-state index contributed by atoms with van der Waals surface area (Å²) in [7, 11) is 1.94. The largest absolute Gasteiger partial charge is 0.507 e. The van der Waals surface area contributed by atoms with Crippen LogP contribution >= 0.6 is 11.3 Å². The molecule has 2 heterocycles. The van der Waals surface area contributed by atoms with Crippen LogP contribution in [0.4, 0.5) is 11.5 Å². The molecular weight excluding hydrogens is 432 g/mol. The van der Waals surface area contributed by atoms with Crippen LogP contribution in [0.3, 0.4) is 0 Å². The summed E-state index contributed by atoms with van der Waals surface area (Å²) in [6.07, 6.45) is 1.87. The van der Waals surface area contributed by atoms with Crippen molar-refractivity contribution in [3.05, 3.63) is 79.1 Å². The molecule has 0 bridgehead atoms. The van der Waals surface area contributed by atoms with Crippen molar-refractivity contribution in [2.75, 3.05) is 23.8 Å². The van der Waals surface area contributed by atoms with Gasteiger partial charge in [0.15, 0.2) is 0 Å². The Labute approximate surface area is 195 Å². The van der Waals surface area contributed by atoms with Crippen LogP contribution in [0.5, 0.6) is 5.75 Å². The summed E-state index contributed by atoms with van der Waals surface area (Å²) >= 11 is 1.63. The quantitative estimate of drug-likeness (QED) is 0.345. The third kappa shape index (κ3) is 4.23. The number of hydrogen-bond donors (Lipinski definition) is 2. The second-order valence-corrected chi connectivity index (χ2v) is 8.82. The van der Waals surface area contributed by atoms with E-state index in [-0.39, 0.29) is 11.7 Å². The van der Waals surface area contributed by atoms with E-state index in [2.05, 4.69) is 33.5 Å². The highest BCUT2D eigenvalue weighted by Gasteiger charge is 2.15. The molecule has 0 spiro atoms. The Morgan fingerprint density at radius 1 is 0.970 bits per heavy atom. The molecule has 0 radical (unpaired) electrons. The summed E-state index contributed by atoms with van der Waals surface area (Å²) in [6, 6.07) is 23.1. The Hall–Kier alpha value is -3.97. The van der Waals surface area contributed by atoms with Crippen molar-refractivity contribution in [2.45, 2.75) is 6.42 Å². The summed E-state index contributed by atoms with van der Waals surface area (Å²) in [5.41, 5.74) is 1.83. The lowest BCUT2D eigenvalue weighted by Gasteiger charge is -2.18. The van der Waals surface area contributed by atoms with Gasteiger partial charge in [-0.25, -0.2) is 9.97 Å². The normalized spacial score (nSPS) is 11.1. The van der Waals surface area contributed by atoms with Crippen molar-refractivity contribution in [3.63, 3.8) is 0 Å². The number of hydrogen-bond acceptors (Lipinski definition) is 6. The van der Waals surface area contributed by atoms with Crippen LogP contribution in [0.25, 0.3) is 31.4 Å². The maximum absolute atomic E-state index is 12.7. The molecule has 33 heavy (non-hydrogen) atoms. The van der Waals surface area contributed by atoms with Gasteiger partial charge in [0.05, 0.1) is 5.39 Å². The number of phenols is 1. The van der Waals surface area contributed by atoms with Crippen LogP contribution < -0.4 is 10.2 Å². The van der Waals surface area contributed by atoms with E-state index in [1.807, 2.05) is 54.4 Å². The van der Waals surface area contributed by atoms with E-state index in [9.17, 15) is 9.90 Å². The van der Waals surface area contributed by atoms with Crippen molar-refractivity contribution < 1.29 is 9.90 Å². The second kappa shape index (κ2) is 8.88. The van der Waals surface area contributed by atoms with E-state index >= 15 is 0 Å². The summed E-state index contributed by atoms with van der Waals surface area (Å²) in [5.74, 6) is 0.904. The number of thiophene rings is 1. The number of aromatic hydroxyl groups is 1. The maximum atomic E-state index is 12.7. The first-order valence-electron chi connectivity index (χ1n) is 10.6. The second-order valence-electron chi connectivity index (χ2n) is 7.79. The van der Waals surface area contributed by atoms with Gasteiger partial charge in [-0.2, -0.15) is 0 Å². The first kappa shape index (κ1) is 20.9. The molecule has 0 saturated heterocycles. The fourth-order valence-corrected chi connectivity index (χ4v) is 4.88. The molecule has 2 N–H and O–H groups in total. The summed E-state index contributed by atoms with van der Waals surface area (Å²) in [5, 5.41) is 15.5. The van der Waals surface area contributed by atoms with E-state index in [1.165, 1.54) is 0 Å². The van der Waals surface area contributed by atoms with Crippen molar-refractivity contribution in [1.29, 1.82) is 0 Å². The number of aromatic nitrogens is 2. The molecule has 0 aliphatic heterocycles. The average molecular weight is 455 g/mol. The minimum atomic E-state index is -0.0988. The fraction of sp³-hybridized carbons (Fsp3) is 0.115. The van der Waals surface area contributed by atoms with Gasteiger partial charge in [0.25, 0.3) is 0 Å². The van der Waals surface area contributed by atoms with Gasteiger partial charge in [-0.3, -0.25) is 4.79 Å². The molecule has 7 heteroatoms. The Bertz CT molecular complexity index is 1450. The van der Waals surface area contributed by atoms with Crippen LogP contribution in [0.2, 0.25) is 0 Å². The van der Waals surface area contributed by atoms with Crippen LogP contribution in [0.1, 0.15) is 6.42 Å². The highest BCUT2D eigenvalue weighted by molar-refractivity contribution is 7.21. The first-order chi connectivity index (χ1) is 16.1. The molecule has 3 aromatic carbocycles. The Kier molecular flexibility index (Phi) is 5.62. The number of benzene rings is 3. The molecule has 2 aromatic heterocycles. The molecule has 5 rings (SSSR count). The predicted molar refractivity (Wildman–Crippen MR) is 135 cm³/mol. The number of nitrogens with one attached hydrogen (secondary N) is 1. The number of phenolic OH excluding ortho intramolecular Hbond substituents is 1. The molecule has 0 saturated carbocycles. The number of amides is 1. The van der Waals surface area contributed by atoms with Crippen molar-refractivity contribution in [1.82, 2.24) is 9.97 Å². The van der Waals surface area contributed by atoms with Crippen LogP contribution in [-0.4, -0.2) is 34.6 Å². The monoisotopic (exact) mass is 454 g/mol. The smallest absolute Gasteiger partial charge is 0.226 e. The van der Waals surface area contributed by atoms with Crippen LogP contribution in [0.15, 0.2) is 79.1 Å². The van der Waals surface area contributed by atoms with Crippen LogP contribution in [-0.2, 0) is 4.79 Å². The van der Waals surface area contributed by atoms with E-state index in [4.69, 9.17) is 0 Å². The molecule has 5 aromatic rings. The standard InChI is InChI=1S/C26H22N4O2S/c1-30(14-13-24(32)29-21-11-5-10-19-18(21)9-6-12-22(19)31)25-20-15-23(17-7-3-2-4-8-17)33-26(20)28-16-27-25/h2-12,15-16,31H,13-14H2,1H3,(H,29,32). The average Bonchev–Trinajstić information content (AvgIpc) is 3.28. The zero-order valence-electron chi connectivity index (χ0n) is 18.0. The highest BCUT2D eigenvalue weighted by Crippen LogP contribution is 2.36. The lowest BCUT2D eigenvalue weighted by molar-refractivity contribution is -0.116. The third-order valence-electron chi connectivity index (χ3n) is 5.58. The lowest BCUT2D eigenvalue weighted by atomic mass is 10.1. The van der Waals surface area contributed by atoms with Crippen molar-refractivity contribution >= 4 is 49.7 Å². The SMILES string of the molecule is CN(CCC(=O)Nc1cccc2c(O)cccc12)c1ncnc2sc(-c3ccccc3)cc12. The van der Waals surface area contributed by atoms with Crippen molar-refractivity contribution in [3.8, 4) is 16.2 Å². The summed E-state index contributed by atoms with van der Waals surface area (Å²) < 4.78 is 0. The molecule has 0 aliphatic carbocycles. The fourth-order valence-electron chi connectivity index (χ4n) is 3.88. The Morgan fingerprint density at radius 2 is 1.76 bits per heavy atom. The molecule has 1 amide bonds. The van der Waals surface area contributed by atoms with E-state index in [0.29, 0.717) is 24.0 Å². The zero-order chi connectivity index (χ0) is 22.8. The van der Waals surface area contributed by atoms with E-state index in [0.717, 1.165) is 31.9 Å². The number of carbonyl (C=O) groups excluding carboxylic acids is 1. The first-order valence-corrected chi connectivity index (χ1v) is 11.4. The minimum Gasteiger partial charge on any atom is -0.507 e. The van der Waals surface area contributed by atoms with Crippen molar-refractivity contribution in [2.24, 2.45) is 0 Å².